The number of imidazole rings is 1. The van der Waals surface area contributed by atoms with Crippen molar-refractivity contribution < 1.29 is 0 Å². The molecule has 0 aliphatic rings. The van der Waals surface area contributed by atoms with Gasteiger partial charge in [0.25, 0.3) is 5.56 Å². The molecule has 0 spiro atoms. The van der Waals surface area contributed by atoms with E-state index < -0.39 is 0 Å². The van der Waals surface area contributed by atoms with E-state index in [-0.39, 0.29) is 5.56 Å². The molecular formula is C11H9N5O. The van der Waals surface area contributed by atoms with Gasteiger partial charge in [0.2, 0.25) is 5.65 Å². The zero-order valence-electron chi connectivity index (χ0n) is 8.87. The first-order valence-electron chi connectivity index (χ1n) is 5.15. The summed E-state index contributed by atoms with van der Waals surface area (Å²) >= 11 is 0. The highest BCUT2D eigenvalue weighted by molar-refractivity contribution is 5.67. The Hall–Kier alpha value is -2.50. The summed E-state index contributed by atoms with van der Waals surface area (Å²) in [4.78, 5) is 18.6. The van der Waals surface area contributed by atoms with Crippen molar-refractivity contribution in [2.75, 3.05) is 0 Å². The molecule has 2 aromatic heterocycles. The van der Waals surface area contributed by atoms with Crippen LogP contribution in [-0.4, -0.2) is 25.0 Å². The van der Waals surface area contributed by atoms with Crippen molar-refractivity contribution in [1.82, 2.24) is 25.0 Å². The maximum absolute atomic E-state index is 12.0. The summed E-state index contributed by atoms with van der Waals surface area (Å²) in [5.41, 5.74) is 1.52. The predicted octanol–water partition coefficient (Wildman–Crippen LogP) is 0.563. The van der Waals surface area contributed by atoms with E-state index in [0.29, 0.717) is 17.7 Å². The number of nitrogens with zero attached hydrogens (tertiary/aromatic N) is 4. The van der Waals surface area contributed by atoms with Crippen molar-refractivity contribution in [2.24, 2.45) is 0 Å². The minimum absolute atomic E-state index is 0.212. The van der Waals surface area contributed by atoms with Gasteiger partial charge in [-0.2, -0.15) is 0 Å². The van der Waals surface area contributed by atoms with E-state index in [1.165, 1.54) is 11.0 Å². The Morgan fingerprint density at radius 2 is 2.06 bits per heavy atom. The van der Waals surface area contributed by atoms with Crippen LogP contribution in [0, 0.1) is 0 Å². The molecule has 0 saturated carbocycles. The van der Waals surface area contributed by atoms with Gasteiger partial charge < -0.3 is 4.98 Å². The van der Waals surface area contributed by atoms with Gasteiger partial charge in [0.05, 0.1) is 12.9 Å². The first-order chi connectivity index (χ1) is 8.34. The number of fused-ring (bicyclic) bond motifs is 1. The van der Waals surface area contributed by atoms with Crippen LogP contribution in [0.25, 0.3) is 11.2 Å². The highest BCUT2D eigenvalue weighted by Gasteiger charge is 2.07. The molecule has 0 aliphatic heterocycles. The molecule has 3 rings (SSSR count). The summed E-state index contributed by atoms with van der Waals surface area (Å²) in [5, 5.41) is 7.71. The first-order valence-corrected chi connectivity index (χ1v) is 5.15. The number of benzene rings is 1. The number of aromatic amines is 1. The summed E-state index contributed by atoms with van der Waals surface area (Å²) in [7, 11) is 0. The largest absolute Gasteiger partial charge is 0.339 e. The summed E-state index contributed by atoms with van der Waals surface area (Å²) in [6.45, 7) is 0.404. The van der Waals surface area contributed by atoms with Crippen molar-refractivity contribution in [3.63, 3.8) is 0 Å². The lowest BCUT2D eigenvalue weighted by Crippen LogP contribution is -2.24. The second-order valence-corrected chi connectivity index (χ2v) is 3.64. The van der Waals surface area contributed by atoms with Gasteiger partial charge in [0.1, 0.15) is 0 Å². The van der Waals surface area contributed by atoms with Crippen LogP contribution in [0.2, 0.25) is 0 Å². The van der Waals surface area contributed by atoms with Crippen LogP contribution in [0.15, 0.2) is 41.5 Å². The number of hydrogen-bond acceptors (Lipinski definition) is 4. The summed E-state index contributed by atoms with van der Waals surface area (Å²) in [5.74, 6) is 0. The normalized spacial score (nSPS) is 10.8. The van der Waals surface area contributed by atoms with Crippen LogP contribution < -0.4 is 5.56 Å². The van der Waals surface area contributed by atoms with Gasteiger partial charge in [-0.3, -0.25) is 4.79 Å². The van der Waals surface area contributed by atoms with Crippen LogP contribution in [0.5, 0.6) is 0 Å². The SMILES string of the molecule is O=c1c2[nH]cnc2nnn1Cc1ccccc1. The molecule has 0 fully saturated rings. The number of aromatic nitrogens is 5. The molecule has 17 heavy (non-hydrogen) atoms. The fraction of sp³-hybridized carbons (Fsp3) is 0.0909. The second kappa shape index (κ2) is 3.82. The molecule has 3 aromatic rings. The maximum Gasteiger partial charge on any atom is 0.296 e. The Morgan fingerprint density at radius 3 is 2.88 bits per heavy atom. The quantitative estimate of drug-likeness (QED) is 0.694. The standard InChI is InChI=1S/C11H9N5O/c17-11-9-10(13-7-12-9)14-15-16(11)6-8-4-2-1-3-5-8/h1-5,7H,6H2,(H,12,13). The van der Waals surface area contributed by atoms with Crippen molar-refractivity contribution in [3.8, 4) is 0 Å². The van der Waals surface area contributed by atoms with Crippen LogP contribution in [0.3, 0.4) is 0 Å². The van der Waals surface area contributed by atoms with E-state index in [2.05, 4.69) is 20.3 Å². The molecule has 0 amide bonds. The molecule has 0 atom stereocenters. The molecule has 0 radical (unpaired) electrons. The molecule has 0 saturated heterocycles. The zero-order valence-corrected chi connectivity index (χ0v) is 8.87. The van der Waals surface area contributed by atoms with E-state index in [1.807, 2.05) is 30.3 Å². The summed E-state index contributed by atoms with van der Waals surface area (Å²) in [6, 6.07) is 9.64. The molecule has 0 aliphatic carbocycles. The Morgan fingerprint density at radius 1 is 1.24 bits per heavy atom. The number of hydrogen-bond donors (Lipinski definition) is 1. The van der Waals surface area contributed by atoms with Gasteiger partial charge in [0.15, 0.2) is 5.52 Å². The third-order valence-electron chi connectivity index (χ3n) is 2.49. The lowest BCUT2D eigenvalue weighted by molar-refractivity contribution is 0.599. The lowest BCUT2D eigenvalue weighted by atomic mass is 10.2. The van der Waals surface area contributed by atoms with Crippen molar-refractivity contribution in [1.29, 1.82) is 0 Å². The fourth-order valence-electron chi connectivity index (χ4n) is 1.65. The zero-order chi connectivity index (χ0) is 11.7. The van der Waals surface area contributed by atoms with Crippen molar-refractivity contribution in [2.45, 2.75) is 6.54 Å². The molecule has 0 bridgehead atoms. The Bertz CT molecular complexity index is 700. The van der Waals surface area contributed by atoms with Crippen LogP contribution in [-0.2, 0) is 6.54 Å². The van der Waals surface area contributed by atoms with Gasteiger partial charge in [0, 0.05) is 0 Å². The maximum atomic E-state index is 12.0. The van der Waals surface area contributed by atoms with Crippen molar-refractivity contribution in [3.05, 3.63) is 52.6 Å². The van der Waals surface area contributed by atoms with Gasteiger partial charge in [-0.05, 0) is 5.56 Å². The predicted molar refractivity (Wildman–Crippen MR) is 61.5 cm³/mol. The van der Waals surface area contributed by atoms with Crippen LogP contribution >= 0.6 is 0 Å². The van der Waals surface area contributed by atoms with E-state index in [0.717, 1.165) is 5.56 Å². The van der Waals surface area contributed by atoms with Crippen LogP contribution in [0.4, 0.5) is 0 Å². The Kier molecular flexibility index (Phi) is 2.18. The Balaban J connectivity index is 2.07. The summed E-state index contributed by atoms with van der Waals surface area (Å²) in [6.07, 6.45) is 1.44. The van der Waals surface area contributed by atoms with Gasteiger partial charge in [-0.25, -0.2) is 9.67 Å². The number of H-pyrrole nitrogens is 1. The number of rotatable bonds is 2. The third-order valence-corrected chi connectivity index (χ3v) is 2.49. The molecule has 0 unspecified atom stereocenters. The molecule has 1 aromatic carbocycles. The molecular weight excluding hydrogens is 218 g/mol. The molecule has 84 valence electrons. The molecule has 1 N–H and O–H groups in total. The lowest BCUT2D eigenvalue weighted by Gasteiger charge is -2.02. The van der Waals surface area contributed by atoms with Crippen molar-refractivity contribution >= 4 is 11.2 Å². The van der Waals surface area contributed by atoms with Gasteiger partial charge in [-0.15, -0.1) is 5.10 Å². The van der Waals surface area contributed by atoms with E-state index in [9.17, 15) is 4.79 Å². The fourth-order valence-corrected chi connectivity index (χ4v) is 1.65. The average molecular weight is 227 g/mol. The van der Waals surface area contributed by atoms with E-state index >= 15 is 0 Å². The minimum atomic E-state index is -0.212. The smallest absolute Gasteiger partial charge is 0.296 e. The average Bonchev–Trinajstić information content (AvgIpc) is 2.83. The van der Waals surface area contributed by atoms with Gasteiger partial charge >= 0.3 is 0 Å². The second-order valence-electron chi connectivity index (χ2n) is 3.64. The highest BCUT2D eigenvalue weighted by atomic mass is 16.1. The molecule has 6 heteroatoms. The van der Waals surface area contributed by atoms with E-state index in [4.69, 9.17) is 0 Å². The molecule has 2 heterocycles. The topological polar surface area (TPSA) is 76.5 Å². The summed E-state index contributed by atoms with van der Waals surface area (Å²) < 4.78 is 1.32. The van der Waals surface area contributed by atoms with Gasteiger partial charge in [-0.1, -0.05) is 35.5 Å². The third kappa shape index (κ3) is 1.69. The van der Waals surface area contributed by atoms with E-state index in [1.54, 1.807) is 0 Å². The highest BCUT2D eigenvalue weighted by Crippen LogP contribution is 2.01. The monoisotopic (exact) mass is 227 g/mol. The first kappa shape index (κ1) is 9.71. The Labute approximate surface area is 95.9 Å². The van der Waals surface area contributed by atoms with Crippen LogP contribution in [0.1, 0.15) is 5.56 Å². The molecule has 6 nitrogen and oxygen atoms in total. The number of nitrogens with one attached hydrogen (secondary N) is 1. The minimum Gasteiger partial charge on any atom is -0.339 e.